The van der Waals surface area contributed by atoms with Crippen LogP contribution in [-0.4, -0.2) is 112 Å². The normalized spacial score (nSPS) is 21.6. The Morgan fingerprint density at radius 2 is 1.70 bits per heavy atom. The van der Waals surface area contributed by atoms with Crippen molar-refractivity contribution in [1.82, 2.24) is 29.7 Å². The van der Waals surface area contributed by atoms with Gasteiger partial charge >= 0.3 is 5.97 Å². The van der Waals surface area contributed by atoms with Crippen LogP contribution in [0.15, 0.2) is 61.1 Å². The molecule has 0 amide bonds. The molecule has 1 saturated heterocycles. The zero-order valence-electron chi connectivity index (χ0n) is 38.1. The van der Waals surface area contributed by atoms with Gasteiger partial charge in [-0.05, 0) is 112 Å². The second-order valence-corrected chi connectivity index (χ2v) is 19.7. The van der Waals surface area contributed by atoms with Gasteiger partial charge in [-0.2, -0.15) is 0 Å². The van der Waals surface area contributed by atoms with E-state index in [2.05, 4.69) is 38.7 Å². The van der Waals surface area contributed by atoms with Crippen molar-refractivity contribution in [2.24, 2.45) is 0 Å². The summed E-state index contributed by atoms with van der Waals surface area (Å²) >= 11 is 16.0. The van der Waals surface area contributed by atoms with E-state index in [0.717, 1.165) is 57.7 Å². The molecule has 17 heteroatoms. The smallest absolute Gasteiger partial charge is 0.345 e. The Labute approximate surface area is 403 Å². The first-order valence-corrected chi connectivity index (χ1v) is 24.1. The van der Waals surface area contributed by atoms with E-state index in [4.69, 9.17) is 51.9 Å². The van der Waals surface area contributed by atoms with Crippen LogP contribution in [0.1, 0.15) is 66.7 Å². The number of methoxy groups -OCH3 is 1. The van der Waals surface area contributed by atoms with Crippen molar-refractivity contribution in [1.29, 1.82) is 0 Å². The topological polar surface area (TPSA) is 141 Å². The first-order chi connectivity index (χ1) is 32.3. The van der Waals surface area contributed by atoms with Crippen molar-refractivity contribution >= 4 is 50.7 Å². The lowest BCUT2D eigenvalue weighted by Gasteiger charge is -2.35. The highest BCUT2D eigenvalue weighted by Crippen LogP contribution is 2.53. The summed E-state index contributed by atoms with van der Waals surface area (Å²) in [5.41, 5.74) is 4.38. The van der Waals surface area contributed by atoms with Crippen LogP contribution in [0.3, 0.4) is 0 Å². The molecular weight excluding hydrogens is 919 g/mol. The summed E-state index contributed by atoms with van der Waals surface area (Å²) in [6.07, 6.45) is 4.67. The number of aliphatic carboxylic acids is 1. The van der Waals surface area contributed by atoms with Crippen molar-refractivity contribution in [3.8, 4) is 44.7 Å². The molecule has 4 bridgehead atoms. The lowest BCUT2D eigenvalue weighted by atomic mass is 9.79. The number of thiophene rings is 1. The summed E-state index contributed by atoms with van der Waals surface area (Å²) in [4.78, 5) is 37.9. The van der Waals surface area contributed by atoms with E-state index in [1.165, 1.54) is 29.8 Å². The minimum atomic E-state index is -1.45. The third-order valence-corrected chi connectivity index (χ3v) is 15.4. The number of hydrogen-bond acceptors (Lipinski definition) is 13. The minimum Gasteiger partial charge on any atom is -0.490 e. The van der Waals surface area contributed by atoms with E-state index >= 15 is 0 Å². The molecule has 0 spiro atoms. The summed E-state index contributed by atoms with van der Waals surface area (Å²) in [6.45, 7) is 10.2. The molecule has 10 rings (SSSR count). The summed E-state index contributed by atoms with van der Waals surface area (Å²) < 4.78 is 46.5. The molecule has 2 atom stereocenters. The maximum atomic E-state index is 14.4. The summed E-state index contributed by atoms with van der Waals surface area (Å²) in [7, 11) is 3.87. The molecule has 0 unspecified atom stereocenters. The third-order valence-electron chi connectivity index (χ3n) is 13.4. The molecule has 352 valence electrons. The van der Waals surface area contributed by atoms with Crippen molar-refractivity contribution < 1.29 is 38.0 Å². The van der Waals surface area contributed by atoms with Gasteiger partial charge in [0.2, 0.25) is 12.0 Å². The zero-order valence-corrected chi connectivity index (χ0v) is 40.4. The SMILES string of the molecule is COC1(C)CCC(c2nccc(COc3ccc4cc3C[C@H](C(=O)O)Oc3ncnc5sc(-c6ccc(F)cc6)c(c35)-c3c(C)c(Cl)c(c(Cl)c3C)O[C@H](CN3CCN(C)CC3)CO4)n2)CC1. The molecule has 3 aromatic carbocycles. The van der Waals surface area contributed by atoms with E-state index in [0.29, 0.717) is 88.0 Å². The van der Waals surface area contributed by atoms with Crippen LogP contribution < -0.4 is 18.9 Å². The van der Waals surface area contributed by atoms with Crippen LogP contribution in [0.5, 0.6) is 23.1 Å². The highest BCUT2D eigenvalue weighted by molar-refractivity contribution is 7.22. The number of ether oxygens (including phenoxy) is 5. The molecule has 1 N–H and O–H groups in total. The van der Waals surface area contributed by atoms with E-state index in [-0.39, 0.29) is 37.0 Å². The molecule has 3 aliphatic heterocycles. The number of benzene rings is 3. The average molecular weight is 972 g/mol. The van der Waals surface area contributed by atoms with Crippen molar-refractivity contribution in [2.75, 3.05) is 53.5 Å². The molecule has 1 aliphatic carbocycles. The fourth-order valence-corrected chi connectivity index (χ4v) is 10.9. The number of halogens is 3. The van der Waals surface area contributed by atoms with Gasteiger partial charge in [-0.3, -0.25) is 4.90 Å². The number of nitrogens with zero attached hydrogens (tertiary/aromatic N) is 6. The van der Waals surface area contributed by atoms with Crippen molar-refractivity contribution in [2.45, 2.75) is 83.2 Å². The van der Waals surface area contributed by atoms with Crippen molar-refractivity contribution in [3.05, 3.63) is 105 Å². The Hall–Kier alpha value is -5.16. The van der Waals surface area contributed by atoms with Crippen molar-refractivity contribution in [3.63, 3.8) is 0 Å². The fraction of sp³-hybridized carbons (Fsp3) is 0.420. The number of carbonyl (C=O) groups is 1. The van der Waals surface area contributed by atoms with E-state index in [9.17, 15) is 14.3 Å². The van der Waals surface area contributed by atoms with Gasteiger partial charge < -0.3 is 33.7 Å². The molecule has 13 nitrogen and oxygen atoms in total. The Morgan fingerprint density at radius 3 is 2.40 bits per heavy atom. The molecule has 6 aromatic rings. The lowest BCUT2D eigenvalue weighted by molar-refractivity contribution is -0.145. The second-order valence-electron chi connectivity index (χ2n) is 18.0. The van der Waals surface area contributed by atoms with Crippen LogP contribution >= 0.6 is 34.5 Å². The number of likely N-dealkylation sites (N-methyl/N-ethyl adjacent to an activating group) is 1. The summed E-state index contributed by atoms with van der Waals surface area (Å²) in [5.74, 6) is 0.635. The number of carboxylic acid groups (broad SMARTS) is 1. The average Bonchev–Trinajstić information content (AvgIpc) is 3.71. The van der Waals surface area contributed by atoms with E-state index in [1.807, 2.05) is 19.9 Å². The maximum absolute atomic E-state index is 14.4. The van der Waals surface area contributed by atoms with Gasteiger partial charge in [0.05, 0.1) is 26.7 Å². The van der Waals surface area contributed by atoms with Crippen LogP contribution in [0.4, 0.5) is 4.39 Å². The third kappa shape index (κ3) is 10.0. The lowest BCUT2D eigenvalue weighted by Crippen LogP contribution is -2.49. The monoisotopic (exact) mass is 970 g/mol. The van der Waals surface area contributed by atoms with Gasteiger partial charge in [-0.1, -0.05) is 35.3 Å². The summed E-state index contributed by atoms with van der Waals surface area (Å²) in [5, 5.41) is 12.0. The van der Waals surface area contributed by atoms with Crippen LogP contribution in [0.25, 0.3) is 31.8 Å². The van der Waals surface area contributed by atoms with Crippen LogP contribution in [0, 0.1) is 19.7 Å². The number of piperazine rings is 1. The Balaban J connectivity index is 1.13. The second kappa shape index (κ2) is 19.8. The maximum Gasteiger partial charge on any atom is 0.345 e. The molecular formula is C50H53Cl2FN6O7S. The number of carboxylic acids is 1. The van der Waals surface area contributed by atoms with Gasteiger partial charge in [0.1, 0.15) is 53.6 Å². The highest BCUT2D eigenvalue weighted by atomic mass is 35.5. The van der Waals surface area contributed by atoms with Gasteiger partial charge in [0, 0.05) is 74.4 Å². The van der Waals surface area contributed by atoms with E-state index < -0.39 is 24.0 Å². The molecule has 2 fully saturated rings. The Kier molecular flexibility index (Phi) is 13.9. The quantitative estimate of drug-likeness (QED) is 0.147. The molecule has 1 saturated carbocycles. The number of fused-ring (bicyclic) bond motifs is 7. The van der Waals surface area contributed by atoms with Gasteiger partial charge in [0.25, 0.3) is 0 Å². The van der Waals surface area contributed by atoms with Crippen LogP contribution in [-0.2, 0) is 22.6 Å². The molecule has 6 heterocycles. The minimum absolute atomic E-state index is 0.0388. The van der Waals surface area contributed by atoms with E-state index in [1.54, 1.807) is 43.6 Å². The predicted octanol–water partition coefficient (Wildman–Crippen LogP) is 9.98. The van der Waals surface area contributed by atoms with Gasteiger partial charge in [-0.25, -0.2) is 29.1 Å². The van der Waals surface area contributed by atoms with Crippen LogP contribution in [0.2, 0.25) is 10.0 Å². The molecule has 0 radical (unpaired) electrons. The number of rotatable bonds is 9. The Bertz CT molecular complexity index is 2750. The first-order valence-electron chi connectivity index (χ1n) is 22.5. The predicted molar refractivity (Wildman–Crippen MR) is 257 cm³/mol. The fourth-order valence-electron chi connectivity index (χ4n) is 9.25. The number of hydrogen-bond donors (Lipinski definition) is 1. The zero-order chi connectivity index (χ0) is 47.0. The standard InChI is InChI=1S/C50H53Cl2FN6O7S/c1-28-39-29(2)43(52)44(42(28)51)65-36(24-59-20-18-58(4)19-21-59)26-63-35-10-11-37(64-25-34-14-17-54-46(57-34)31-12-15-50(3,62-5)16-13-31)32(22-35)23-38(49(60)61)66-47-41-40(39)45(67-48(41)56-27-55-47)30-6-8-33(53)9-7-30/h6-11,14,17,22,27,31,36,38H,12-13,15-16,18-21,23-26H2,1-5H3,(H,60,61)/t31?,36-,38-,50?/m1/s1. The molecule has 3 aromatic heterocycles. The van der Waals surface area contributed by atoms with Gasteiger partial charge in [0.15, 0.2) is 5.75 Å². The first kappa shape index (κ1) is 46.9. The largest absolute Gasteiger partial charge is 0.490 e. The highest BCUT2D eigenvalue weighted by Gasteiger charge is 2.34. The Morgan fingerprint density at radius 1 is 0.970 bits per heavy atom. The van der Waals surface area contributed by atoms with Gasteiger partial charge in [-0.15, -0.1) is 11.3 Å². The molecule has 4 aliphatic rings. The molecule has 67 heavy (non-hydrogen) atoms. The number of aromatic nitrogens is 4. The summed E-state index contributed by atoms with van der Waals surface area (Å²) in [6, 6.07) is 13.3.